The molecule has 0 atom stereocenters. The van der Waals surface area contributed by atoms with E-state index in [1.54, 1.807) is 13.1 Å². The Morgan fingerprint density at radius 1 is 1.50 bits per heavy atom. The number of allylic oxidation sites excluding steroid dienone is 1. The maximum atomic E-state index is 12.2. The highest BCUT2D eigenvalue weighted by Crippen LogP contribution is 2.20. The molecule has 0 radical (unpaired) electrons. The van der Waals surface area contributed by atoms with Crippen molar-refractivity contribution in [1.82, 2.24) is 14.5 Å². The summed E-state index contributed by atoms with van der Waals surface area (Å²) in [4.78, 5) is 20.2. The largest absolute Gasteiger partial charge is 0.483 e. The fourth-order valence-electron chi connectivity index (χ4n) is 2.33. The van der Waals surface area contributed by atoms with Crippen molar-refractivity contribution in [3.05, 3.63) is 39.5 Å². The van der Waals surface area contributed by atoms with Gasteiger partial charge in [0, 0.05) is 13.1 Å². The van der Waals surface area contributed by atoms with Crippen molar-refractivity contribution in [3.63, 3.8) is 0 Å². The van der Waals surface area contributed by atoms with Crippen LogP contribution in [0.4, 0.5) is 0 Å². The van der Waals surface area contributed by atoms with Crippen LogP contribution in [0.15, 0.2) is 28.7 Å². The van der Waals surface area contributed by atoms with Crippen molar-refractivity contribution in [2.24, 2.45) is 7.05 Å². The van der Waals surface area contributed by atoms with Crippen LogP contribution in [0.2, 0.25) is 5.28 Å². The molecule has 104 valence electrons. The maximum Gasteiger partial charge on any atom is 0.293 e. The average Bonchev–Trinajstić information content (AvgIpc) is 2.94. The zero-order chi connectivity index (χ0) is 14.1. The highest BCUT2D eigenvalue weighted by atomic mass is 35.5. The van der Waals surface area contributed by atoms with Crippen molar-refractivity contribution in [3.8, 4) is 5.75 Å². The van der Waals surface area contributed by atoms with Crippen LogP contribution in [0, 0.1) is 0 Å². The Kier molecular flexibility index (Phi) is 3.44. The van der Waals surface area contributed by atoms with Gasteiger partial charge in [-0.2, -0.15) is 0 Å². The van der Waals surface area contributed by atoms with Crippen LogP contribution in [-0.4, -0.2) is 21.1 Å². The number of nitrogens with zero attached hydrogens (tertiary/aromatic N) is 3. The molecule has 0 aromatic carbocycles. The number of hydrogen-bond acceptors (Lipinski definition) is 4. The van der Waals surface area contributed by atoms with E-state index in [0.717, 1.165) is 19.3 Å². The predicted octanol–water partition coefficient (Wildman–Crippen LogP) is 2.47. The highest BCUT2D eigenvalue weighted by molar-refractivity contribution is 6.28. The first-order valence-electron chi connectivity index (χ1n) is 6.48. The second-order valence-corrected chi connectivity index (χ2v) is 5.16. The van der Waals surface area contributed by atoms with Crippen LogP contribution in [0.3, 0.4) is 0 Å². The van der Waals surface area contributed by atoms with Crippen LogP contribution < -0.4 is 10.3 Å². The van der Waals surface area contributed by atoms with Gasteiger partial charge in [0.1, 0.15) is 6.61 Å². The maximum absolute atomic E-state index is 12.2. The summed E-state index contributed by atoms with van der Waals surface area (Å²) in [7, 11) is 1.67. The van der Waals surface area contributed by atoms with Gasteiger partial charge in [-0.3, -0.25) is 4.79 Å². The van der Waals surface area contributed by atoms with Crippen LogP contribution >= 0.6 is 11.6 Å². The summed E-state index contributed by atoms with van der Waals surface area (Å²) in [6.07, 6.45) is 7.01. The van der Waals surface area contributed by atoms with Crippen molar-refractivity contribution >= 4 is 22.6 Å². The number of aromatic nitrogens is 3. The van der Waals surface area contributed by atoms with Crippen molar-refractivity contribution in [1.29, 1.82) is 0 Å². The Hall–Kier alpha value is -1.88. The number of fused-ring (bicyclic) bond motifs is 1. The Morgan fingerprint density at radius 3 is 3.10 bits per heavy atom. The second kappa shape index (κ2) is 5.25. The smallest absolute Gasteiger partial charge is 0.293 e. The van der Waals surface area contributed by atoms with Crippen LogP contribution in [0.1, 0.15) is 19.3 Å². The van der Waals surface area contributed by atoms with E-state index in [4.69, 9.17) is 16.3 Å². The summed E-state index contributed by atoms with van der Waals surface area (Å²) in [5.41, 5.74) is 2.28. The minimum atomic E-state index is -0.193. The summed E-state index contributed by atoms with van der Waals surface area (Å²) in [5.74, 6) is 0.294. The summed E-state index contributed by atoms with van der Waals surface area (Å²) in [6, 6.07) is 1.63. The zero-order valence-corrected chi connectivity index (χ0v) is 11.9. The molecular formula is C14H14ClN3O2. The van der Waals surface area contributed by atoms with E-state index < -0.39 is 0 Å². The van der Waals surface area contributed by atoms with Gasteiger partial charge in [-0.15, -0.1) is 0 Å². The first-order chi connectivity index (χ1) is 9.65. The molecule has 1 aliphatic rings. The Balaban J connectivity index is 1.97. The minimum absolute atomic E-state index is 0.153. The number of ether oxygens (including phenoxy) is 1. The molecule has 0 saturated heterocycles. The number of rotatable bonds is 3. The Morgan fingerprint density at radius 2 is 2.35 bits per heavy atom. The third-order valence-electron chi connectivity index (χ3n) is 3.46. The molecule has 2 aromatic rings. The van der Waals surface area contributed by atoms with Crippen LogP contribution in [0.5, 0.6) is 5.75 Å². The SMILES string of the molecule is Cn1c(=O)c(OCC2=CCCC2)cc2nc(Cl)ncc21. The third-order valence-corrected chi connectivity index (χ3v) is 3.64. The fraction of sp³-hybridized carbons (Fsp3) is 0.357. The van der Waals surface area contributed by atoms with E-state index >= 15 is 0 Å². The van der Waals surface area contributed by atoms with Gasteiger partial charge >= 0.3 is 0 Å². The normalized spacial score (nSPS) is 14.6. The lowest BCUT2D eigenvalue weighted by atomic mass is 10.2. The lowest BCUT2D eigenvalue weighted by Gasteiger charge is -2.10. The first-order valence-corrected chi connectivity index (χ1v) is 6.86. The van der Waals surface area contributed by atoms with Gasteiger partial charge in [-0.1, -0.05) is 6.08 Å². The monoisotopic (exact) mass is 291 g/mol. The number of pyridine rings is 1. The third kappa shape index (κ3) is 2.41. The number of halogens is 1. The van der Waals surface area contributed by atoms with E-state index in [9.17, 15) is 4.79 Å². The van der Waals surface area contributed by atoms with Gasteiger partial charge in [-0.05, 0) is 36.4 Å². The predicted molar refractivity (Wildman–Crippen MR) is 77.2 cm³/mol. The molecule has 0 N–H and O–H groups in total. The van der Waals surface area contributed by atoms with Crippen LogP contribution in [0.25, 0.3) is 11.0 Å². The standard InChI is InChI=1S/C14H14ClN3O2/c1-18-11-7-16-14(15)17-10(11)6-12(13(18)19)20-8-9-4-2-3-5-9/h4,6-7H,2-3,5,8H2,1H3. The van der Waals surface area contributed by atoms with Crippen molar-refractivity contribution in [2.75, 3.05) is 6.61 Å². The molecule has 2 aromatic heterocycles. The molecule has 1 aliphatic carbocycles. The molecule has 2 heterocycles. The minimum Gasteiger partial charge on any atom is -0.483 e. The van der Waals surface area contributed by atoms with Crippen molar-refractivity contribution in [2.45, 2.75) is 19.3 Å². The summed E-state index contributed by atoms with van der Waals surface area (Å²) >= 11 is 5.78. The van der Waals surface area contributed by atoms with Gasteiger partial charge in [0.15, 0.2) is 5.75 Å². The molecule has 0 fully saturated rings. The molecule has 0 unspecified atom stereocenters. The number of hydrogen-bond donors (Lipinski definition) is 0. The summed E-state index contributed by atoms with van der Waals surface area (Å²) in [6.45, 7) is 0.458. The molecule has 20 heavy (non-hydrogen) atoms. The molecular weight excluding hydrogens is 278 g/mol. The molecule has 0 saturated carbocycles. The summed E-state index contributed by atoms with van der Waals surface area (Å²) < 4.78 is 7.12. The van der Waals surface area contributed by atoms with Gasteiger partial charge in [0.25, 0.3) is 5.56 Å². The number of aryl methyl sites for hydroxylation is 1. The van der Waals surface area contributed by atoms with E-state index in [-0.39, 0.29) is 10.8 Å². The van der Waals surface area contributed by atoms with Crippen LogP contribution in [-0.2, 0) is 7.05 Å². The molecule has 6 heteroatoms. The Labute approximate surface area is 120 Å². The quantitative estimate of drug-likeness (QED) is 0.644. The van der Waals surface area contributed by atoms with Gasteiger partial charge in [0.05, 0.1) is 17.2 Å². The molecule has 0 bridgehead atoms. The van der Waals surface area contributed by atoms with E-state index in [1.165, 1.54) is 16.3 Å². The lowest BCUT2D eigenvalue weighted by molar-refractivity contribution is 0.342. The zero-order valence-electron chi connectivity index (χ0n) is 11.1. The van der Waals surface area contributed by atoms with E-state index in [2.05, 4.69) is 16.0 Å². The highest BCUT2D eigenvalue weighted by Gasteiger charge is 2.11. The van der Waals surface area contributed by atoms with Crippen molar-refractivity contribution < 1.29 is 4.74 Å². The average molecular weight is 292 g/mol. The molecule has 3 rings (SSSR count). The molecule has 0 aliphatic heterocycles. The molecule has 5 nitrogen and oxygen atoms in total. The fourth-order valence-corrected chi connectivity index (χ4v) is 2.47. The van der Waals surface area contributed by atoms with E-state index in [0.29, 0.717) is 23.4 Å². The molecule has 0 amide bonds. The van der Waals surface area contributed by atoms with Gasteiger partial charge < -0.3 is 9.30 Å². The molecule has 0 spiro atoms. The van der Waals surface area contributed by atoms with Gasteiger partial charge in [-0.25, -0.2) is 9.97 Å². The Bertz CT molecular complexity index is 752. The summed E-state index contributed by atoms with van der Waals surface area (Å²) in [5, 5.41) is 0.153. The second-order valence-electron chi connectivity index (χ2n) is 4.83. The topological polar surface area (TPSA) is 57.0 Å². The van der Waals surface area contributed by atoms with Gasteiger partial charge in [0.2, 0.25) is 5.28 Å². The lowest BCUT2D eigenvalue weighted by Crippen LogP contribution is -2.20. The first kappa shape index (κ1) is 13.1. The van der Waals surface area contributed by atoms with E-state index in [1.807, 2.05) is 0 Å².